The van der Waals surface area contributed by atoms with Gasteiger partial charge in [-0.1, -0.05) is 6.07 Å². The lowest BCUT2D eigenvalue weighted by Crippen LogP contribution is -2.02. The fourth-order valence-electron chi connectivity index (χ4n) is 2.04. The average molecular weight is 253 g/mol. The van der Waals surface area contributed by atoms with Crippen molar-refractivity contribution in [3.8, 4) is 5.69 Å². The van der Waals surface area contributed by atoms with Crippen molar-refractivity contribution in [1.29, 1.82) is 0 Å². The van der Waals surface area contributed by atoms with E-state index in [2.05, 4.69) is 10.1 Å². The van der Waals surface area contributed by atoms with Crippen molar-refractivity contribution in [3.63, 3.8) is 0 Å². The first kappa shape index (κ1) is 11.4. The Morgan fingerprint density at radius 2 is 2.11 bits per heavy atom. The second-order valence-corrected chi connectivity index (χ2v) is 4.27. The van der Waals surface area contributed by atoms with Gasteiger partial charge in [0.2, 0.25) is 0 Å². The van der Waals surface area contributed by atoms with Crippen molar-refractivity contribution < 1.29 is 9.90 Å². The molecule has 3 rings (SSSR count). The van der Waals surface area contributed by atoms with Gasteiger partial charge in [-0.25, -0.2) is 9.48 Å². The first-order valence-electron chi connectivity index (χ1n) is 5.80. The summed E-state index contributed by atoms with van der Waals surface area (Å²) in [5.74, 6) is -1.02. The summed E-state index contributed by atoms with van der Waals surface area (Å²) in [5.41, 5.74) is 2.55. The van der Waals surface area contributed by atoms with E-state index in [1.807, 2.05) is 37.3 Å². The van der Waals surface area contributed by atoms with E-state index in [4.69, 9.17) is 5.11 Å². The molecular weight excluding hydrogens is 242 g/mol. The summed E-state index contributed by atoms with van der Waals surface area (Å²) in [4.78, 5) is 15.2. The minimum atomic E-state index is -1.02. The van der Waals surface area contributed by atoms with Crippen LogP contribution in [-0.2, 0) is 0 Å². The van der Waals surface area contributed by atoms with Crippen molar-refractivity contribution >= 4 is 16.9 Å². The molecule has 0 atom stereocenters. The molecule has 94 valence electrons. The normalized spacial score (nSPS) is 10.8. The van der Waals surface area contributed by atoms with Crippen molar-refractivity contribution in [3.05, 3.63) is 54.0 Å². The minimum absolute atomic E-state index is 0.0452. The van der Waals surface area contributed by atoms with Gasteiger partial charge in [-0.15, -0.1) is 0 Å². The van der Waals surface area contributed by atoms with Gasteiger partial charge in [-0.3, -0.25) is 4.98 Å². The Hall–Kier alpha value is -2.69. The summed E-state index contributed by atoms with van der Waals surface area (Å²) in [6, 6.07) is 11.1. The van der Waals surface area contributed by atoms with Crippen LogP contribution in [0.1, 0.15) is 16.2 Å². The number of hydrogen-bond donors (Lipinski definition) is 1. The molecular formula is C14H11N3O2. The zero-order valence-corrected chi connectivity index (χ0v) is 10.2. The highest BCUT2D eigenvalue weighted by Gasteiger charge is 2.11. The van der Waals surface area contributed by atoms with Crippen molar-refractivity contribution in [2.75, 3.05) is 0 Å². The maximum Gasteiger partial charge on any atom is 0.356 e. The van der Waals surface area contributed by atoms with Crippen LogP contribution in [0, 0.1) is 6.92 Å². The van der Waals surface area contributed by atoms with E-state index in [-0.39, 0.29) is 5.69 Å². The molecule has 0 saturated carbocycles. The zero-order chi connectivity index (χ0) is 13.4. The van der Waals surface area contributed by atoms with Crippen LogP contribution in [-0.4, -0.2) is 25.8 Å². The number of carboxylic acids is 1. The third-order valence-electron chi connectivity index (χ3n) is 2.94. The number of hydrogen-bond acceptors (Lipinski definition) is 3. The van der Waals surface area contributed by atoms with E-state index in [1.54, 1.807) is 16.9 Å². The Morgan fingerprint density at radius 1 is 1.26 bits per heavy atom. The Morgan fingerprint density at radius 3 is 2.84 bits per heavy atom. The lowest BCUT2D eigenvalue weighted by atomic mass is 10.2. The topological polar surface area (TPSA) is 68.0 Å². The number of nitrogens with zero attached hydrogens (tertiary/aromatic N) is 3. The van der Waals surface area contributed by atoms with E-state index in [1.165, 1.54) is 0 Å². The fraction of sp³-hybridized carbons (Fsp3) is 0.0714. The van der Waals surface area contributed by atoms with Crippen LogP contribution in [0.4, 0.5) is 0 Å². The molecule has 0 unspecified atom stereocenters. The van der Waals surface area contributed by atoms with Gasteiger partial charge in [0.15, 0.2) is 5.69 Å². The third kappa shape index (κ3) is 1.95. The Bertz CT molecular complexity index is 777. The minimum Gasteiger partial charge on any atom is -0.476 e. The number of aromatic carboxylic acids is 1. The molecule has 1 aromatic carbocycles. The number of rotatable bonds is 2. The van der Waals surface area contributed by atoms with Crippen LogP contribution in [0.2, 0.25) is 0 Å². The molecule has 0 aliphatic carbocycles. The molecule has 0 bridgehead atoms. The van der Waals surface area contributed by atoms with Gasteiger partial charge < -0.3 is 5.11 Å². The molecule has 5 heteroatoms. The van der Waals surface area contributed by atoms with Crippen molar-refractivity contribution in [2.24, 2.45) is 0 Å². The smallest absolute Gasteiger partial charge is 0.356 e. The maximum atomic E-state index is 10.9. The Labute approximate surface area is 109 Å². The molecule has 0 aliphatic rings. The molecule has 5 nitrogen and oxygen atoms in total. The lowest BCUT2D eigenvalue weighted by molar-refractivity contribution is 0.0690. The van der Waals surface area contributed by atoms with Crippen LogP contribution in [0.25, 0.3) is 16.6 Å². The van der Waals surface area contributed by atoms with Gasteiger partial charge in [-0.05, 0) is 37.3 Å². The largest absolute Gasteiger partial charge is 0.476 e. The molecule has 1 N–H and O–H groups in total. The van der Waals surface area contributed by atoms with Crippen LogP contribution in [0.3, 0.4) is 0 Å². The van der Waals surface area contributed by atoms with E-state index in [0.29, 0.717) is 0 Å². The van der Waals surface area contributed by atoms with Gasteiger partial charge >= 0.3 is 5.97 Å². The van der Waals surface area contributed by atoms with Crippen molar-refractivity contribution in [1.82, 2.24) is 14.8 Å². The molecule has 2 heterocycles. The summed E-state index contributed by atoms with van der Waals surface area (Å²) in [6.45, 7) is 1.83. The van der Waals surface area contributed by atoms with E-state index in [0.717, 1.165) is 22.3 Å². The first-order chi connectivity index (χ1) is 9.15. The van der Waals surface area contributed by atoms with E-state index < -0.39 is 5.97 Å². The summed E-state index contributed by atoms with van der Waals surface area (Å²) in [7, 11) is 0. The summed E-state index contributed by atoms with van der Waals surface area (Å²) < 4.78 is 1.62. The highest BCUT2D eigenvalue weighted by atomic mass is 16.4. The number of pyridine rings is 1. The average Bonchev–Trinajstić information content (AvgIpc) is 2.80. The van der Waals surface area contributed by atoms with Gasteiger partial charge in [-0.2, -0.15) is 5.10 Å². The summed E-state index contributed by atoms with van der Waals surface area (Å²) in [5, 5.41) is 14.0. The van der Waals surface area contributed by atoms with Gasteiger partial charge in [0.25, 0.3) is 0 Å². The highest BCUT2D eigenvalue weighted by Crippen LogP contribution is 2.18. The van der Waals surface area contributed by atoms with E-state index >= 15 is 0 Å². The second-order valence-electron chi connectivity index (χ2n) is 4.27. The number of carbonyl (C=O) groups is 1. The second kappa shape index (κ2) is 4.20. The van der Waals surface area contributed by atoms with Gasteiger partial charge in [0.05, 0.1) is 11.2 Å². The molecule has 0 spiro atoms. The molecule has 0 amide bonds. The molecule has 0 aliphatic heterocycles. The van der Waals surface area contributed by atoms with Crippen LogP contribution in [0.5, 0.6) is 0 Å². The van der Waals surface area contributed by atoms with Crippen LogP contribution in [0.15, 0.2) is 42.6 Å². The Kier molecular flexibility index (Phi) is 2.52. The Balaban J connectivity index is 2.16. The predicted octanol–water partition coefficient (Wildman–Crippen LogP) is 2.43. The summed E-state index contributed by atoms with van der Waals surface area (Å²) in [6.07, 6.45) is 1.74. The SMILES string of the molecule is Cc1cc(C(=O)O)nn1-c1ccc2ncccc2c1. The lowest BCUT2D eigenvalue weighted by Gasteiger charge is -2.05. The number of aryl methyl sites for hydroxylation is 1. The molecule has 0 fully saturated rings. The molecule has 19 heavy (non-hydrogen) atoms. The summed E-state index contributed by atoms with van der Waals surface area (Å²) >= 11 is 0. The quantitative estimate of drug-likeness (QED) is 0.761. The van der Waals surface area contributed by atoms with Crippen LogP contribution < -0.4 is 0 Å². The standard InChI is InChI=1S/C14H11N3O2/c1-9-7-13(14(18)19)16-17(9)11-4-5-12-10(8-11)3-2-6-15-12/h2-8H,1H3,(H,18,19). The number of benzene rings is 1. The monoisotopic (exact) mass is 253 g/mol. The van der Waals surface area contributed by atoms with Crippen molar-refractivity contribution in [2.45, 2.75) is 6.92 Å². The molecule has 0 radical (unpaired) electrons. The number of aromatic nitrogens is 3. The number of fused-ring (bicyclic) bond motifs is 1. The van der Waals surface area contributed by atoms with Gasteiger partial charge in [0, 0.05) is 17.3 Å². The van der Waals surface area contributed by atoms with E-state index in [9.17, 15) is 4.79 Å². The molecule has 2 aromatic heterocycles. The molecule has 3 aromatic rings. The van der Waals surface area contributed by atoms with Gasteiger partial charge in [0.1, 0.15) is 0 Å². The zero-order valence-electron chi connectivity index (χ0n) is 10.2. The fourth-order valence-corrected chi connectivity index (χ4v) is 2.04. The van der Waals surface area contributed by atoms with Crippen LogP contribution >= 0.6 is 0 Å². The maximum absolute atomic E-state index is 10.9. The first-order valence-corrected chi connectivity index (χ1v) is 5.80. The predicted molar refractivity (Wildman–Crippen MR) is 70.6 cm³/mol. The number of carboxylic acid groups (broad SMARTS) is 1. The third-order valence-corrected chi connectivity index (χ3v) is 2.94. The highest BCUT2D eigenvalue weighted by molar-refractivity contribution is 5.85. The molecule has 0 saturated heterocycles.